The van der Waals surface area contributed by atoms with Crippen LogP contribution in [0, 0.1) is 3.57 Å². The van der Waals surface area contributed by atoms with Crippen molar-refractivity contribution in [2.24, 2.45) is 0 Å². The molecule has 3 rings (SSSR count). The molecule has 1 amide bonds. The molecule has 1 aliphatic heterocycles. The average Bonchev–Trinajstić information content (AvgIpc) is 3.20. The van der Waals surface area contributed by atoms with E-state index in [9.17, 15) is 4.79 Å². The van der Waals surface area contributed by atoms with Crippen LogP contribution in [0.2, 0.25) is 0 Å². The number of hydrogen-bond acceptors (Lipinski definition) is 3. The highest BCUT2D eigenvalue weighted by Gasteiger charge is 2.23. The maximum atomic E-state index is 12.8. The first kappa shape index (κ1) is 16.0. The smallest absolute Gasteiger partial charge is 0.254 e. The van der Waals surface area contributed by atoms with Gasteiger partial charge in [-0.05, 0) is 71.1 Å². The minimum absolute atomic E-state index is 0.0836. The molecule has 0 spiro atoms. The Morgan fingerprint density at radius 1 is 1.32 bits per heavy atom. The van der Waals surface area contributed by atoms with Crippen molar-refractivity contribution in [3.05, 3.63) is 55.8 Å². The molecule has 0 aliphatic carbocycles. The number of benzene rings is 1. The van der Waals surface area contributed by atoms with Crippen molar-refractivity contribution < 1.29 is 9.53 Å². The maximum absolute atomic E-state index is 12.8. The number of hydrogen-bond donors (Lipinski definition) is 0. The maximum Gasteiger partial charge on any atom is 0.254 e. The van der Waals surface area contributed by atoms with E-state index in [1.54, 1.807) is 11.3 Å². The van der Waals surface area contributed by atoms with Crippen molar-refractivity contribution >= 4 is 39.8 Å². The molecule has 0 radical (unpaired) electrons. The van der Waals surface area contributed by atoms with Crippen LogP contribution >= 0.6 is 33.9 Å². The number of amides is 1. The molecule has 1 aromatic heterocycles. The Balaban J connectivity index is 1.76. The Morgan fingerprint density at radius 3 is 2.77 bits per heavy atom. The van der Waals surface area contributed by atoms with Crippen molar-refractivity contribution in [2.45, 2.75) is 25.5 Å². The molecule has 2 aromatic rings. The minimum atomic E-state index is 0.0836. The summed E-state index contributed by atoms with van der Waals surface area (Å²) in [6.07, 6.45) is 2.31. The summed E-state index contributed by atoms with van der Waals surface area (Å²) < 4.78 is 6.85. The first-order valence-electron chi connectivity index (χ1n) is 7.41. The summed E-state index contributed by atoms with van der Waals surface area (Å²) in [6, 6.07) is 11.9. The standard InChI is InChI=1S/C17H18INO2S/c18-14-7-5-13(6-8-14)17(20)19(11-15-3-1-9-21-15)12-16-4-2-10-22-16/h2,4-8,10,15H,1,3,9,11-12H2. The zero-order valence-electron chi connectivity index (χ0n) is 12.2. The molecule has 0 N–H and O–H groups in total. The molecule has 1 atom stereocenters. The third kappa shape index (κ3) is 4.08. The van der Waals surface area contributed by atoms with E-state index in [4.69, 9.17) is 4.74 Å². The quantitative estimate of drug-likeness (QED) is 0.671. The van der Waals surface area contributed by atoms with E-state index in [1.807, 2.05) is 35.2 Å². The first-order chi connectivity index (χ1) is 10.7. The van der Waals surface area contributed by atoms with Gasteiger partial charge in [0.05, 0.1) is 12.6 Å². The van der Waals surface area contributed by atoms with Crippen molar-refractivity contribution in [3.8, 4) is 0 Å². The summed E-state index contributed by atoms with van der Waals surface area (Å²) in [5, 5.41) is 2.05. The Morgan fingerprint density at radius 2 is 2.14 bits per heavy atom. The lowest BCUT2D eigenvalue weighted by Gasteiger charge is -2.25. The largest absolute Gasteiger partial charge is 0.376 e. The van der Waals surface area contributed by atoms with Gasteiger partial charge in [0, 0.05) is 27.2 Å². The summed E-state index contributed by atoms with van der Waals surface area (Å²) in [6.45, 7) is 2.14. The zero-order valence-corrected chi connectivity index (χ0v) is 15.2. The molecule has 1 aromatic carbocycles. The second-order valence-electron chi connectivity index (χ2n) is 5.41. The van der Waals surface area contributed by atoms with Crippen molar-refractivity contribution in [1.29, 1.82) is 0 Å². The highest BCUT2D eigenvalue weighted by molar-refractivity contribution is 14.1. The van der Waals surface area contributed by atoms with Gasteiger partial charge in [0.15, 0.2) is 0 Å². The molecular weight excluding hydrogens is 409 g/mol. The zero-order chi connectivity index (χ0) is 15.4. The molecule has 0 saturated carbocycles. The highest BCUT2D eigenvalue weighted by Crippen LogP contribution is 2.19. The van der Waals surface area contributed by atoms with Gasteiger partial charge in [-0.2, -0.15) is 0 Å². The summed E-state index contributed by atoms with van der Waals surface area (Å²) in [4.78, 5) is 16.0. The number of halogens is 1. The van der Waals surface area contributed by atoms with Crippen LogP contribution in [-0.4, -0.2) is 30.1 Å². The topological polar surface area (TPSA) is 29.5 Å². The average molecular weight is 427 g/mol. The van der Waals surface area contributed by atoms with Gasteiger partial charge in [-0.1, -0.05) is 6.07 Å². The molecule has 0 bridgehead atoms. The predicted octanol–water partition coefficient (Wildman–Crippen LogP) is 4.17. The highest BCUT2D eigenvalue weighted by atomic mass is 127. The van der Waals surface area contributed by atoms with Crippen LogP contribution in [-0.2, 0) is 11.3 Å². The van der Waals surface area contributed by atoms with Gasteiger partial charge in [-0.3, -0.25) is 4.79 Å². The van der Waals surface area contributed by atoms with Crippen LogP contribution < -0.4 is 0 Å². The van der Waals surface area contributed by atoms with E-state index in [0.717, 1.165) is 28.6 Å². The van der Waals surface area contributed by atoms with Crippen LogP contribution in [0.15, 0.2) is 41.8 Å². The lowest BCUT2D eigenvalue weighted by Crippen LogP contribution is -2.36. The predicted molar refractivity (Wildman–Crippen MR) is 97.2 cm³/mol. The Labute approximate surface area is 148 Å². The molecule has 1 unspecified atom stereocenters. The number of nitrogens with zero attached hydrogens (tertiary/aromatic N) is 1. The molecule has 1 saturated heterocycles. The van der Waals surface area contributed by atoms with E-state index in [0.29, 0.717) is 13.1 Å². The fourth-order valence-corrected chi connectivity index (χ4v) is 3.70. The number of ether oxygens (including phenoxy) is 1. The van der Waals surface area contributed by atoms with Crippen LogP contribution in [0.3, 0.4) is 0 Å². The van der Waals surface area contributed by atoms with Gasteiger partial charge >= 0.3 is 0 Å². The molecule has 1 fully saturated rings. The summed E-state index contributed by atoms with van der Waals surface area (Å²) in [7, 11) is 0. The van der Waals surface area contributed by atoms with Crippen LogP contribution in [0.1, 0.15) is 28.1 Å². The van der Waals surface area contributed by atoms with Crippen LogP contribution in [0.5, 0.6) is 0 Å². The van der Waals surface area contributed by atoms with Gasteiger partial charge in [0.2, 0.25) is 0 Å². The van der Waals surface area contributed by atoms with E-state index in [-0.39, 0.29) is 12.0 Å². The molecule has 3 nitrogen and oxygen atoms in total. The van der Waals surface area contributed by atoms with Crippen LogP contribution in [0.4, 0.5) is 0 Å². The number of carbonyl (C=O) groups excluding carboxylic acids is 1. The lowest BCUT2D eigenvalue weighted by molar-refractivity contribution is 0.0509. The number of thiophene rings is 1. The molecule has 5 heteroatoms. The van der Waals surface area contributed by atoms with Crippen molar-refractivity contribution in [2.75, 3.05) is 13.2 Å². The third-order valence-electron chi connectivity index (χ3n) is 3.75. The fraction of sp³-hybridized carbons (Fsp3) is 0.353. The summed E-state index contributed by atoms with van der Waals surface area (Å²) in [5.41, 5.74) is 0.745. The van der Waals surface area contributed by atoms with E-state index < -0.39 is 0 Å². The van der Waals surface area contributed by atoms with Crippen molar-refractivity contribution in [1.82, 2.24) is 4.90 Å². The van der Waals surface area contributed by atoms with Crippen molar-refractivity contribution in [3.63, 3.8) is 0 Å². The summed E-state index contributed by atoms with van der Waals surface area (Å²) in [5.74, 6) is 0.0836. The monoisotopic (exact) mass is 427 g/mol. The van der Waals surface area contributed by atoms with E-state index in [2.05, 4.69) is 34.0 Å². The molecule has 116 valence electrons. The third-order valence-corrected chi connectivity index (χ3v) is 5.33. The Hall–Kier alpha value is -0.920. The normalized spacial score (nSPS) is 17.6. The SMILES string of the molecule is O=C(c1ccc(I)cc1)N(Cc1cccs1)CC1CCCO1. The Kier molecular flexibility index (Phi) is 5.49. The van der Waals surface area contributed by atoms with Gasteiger partial charge in [-0.15, -0.1) is 11.3 Å². The minimum Gasteiger partial charge on any atom is -0.376 e. The van der Waals surface area contributed by atoms with E-state index >= 15 is 0 Å². The second kappa shape index (κ2) is 7.57. The van der Waals surface area contributed by atoms with Gasteiger partial charge in [0.25, 0.3) is 5.91 Å². The van der Waals surface area contributed by atoms with Gasteiger partial charge in [-0.25, -0.2) is 0 Å². The molecular formula is C17H18INO2S. The lowest BCUT2D eigenvalue weighted by atomic mass is 10.1. The number of rotatable bonds is 5. The first-order valence-corrected chi connectivity index (χ1v) is 9.37. The fourth-order valence-electron chi connectivity index (χ4n) is 2.62. The second-order valence-corrected chi connectivity index (χ2v) is 7.68. The number of carbonyl (C=O) groups is 1. The van der Waals surface area contributed by atoms with Crippen LogP contribution in [0.25, 0.3) is 0 Å². The van der Waals surface area contributed by atoms with E-state index in [1.165, 1.54) is 4.88 Å². The molecule has 1 aliphatic rings. The Bertz CT molecular complexity index is 606. The van der Waals surface area contributed by atoms with Gasteiger partial charge in [0.1, 0.15) is 0 Å². The van der Waals surface area contributed by atoms with Gasteiger partial charge < -0.3 is 9.64 Å². The molecule has 2 heterocycles. The molecule has 22 heavy (non-hydrogen) atoms. The summed E-state index contributed by atoms with van der Waals surface area (Å²) >= 11 is 3.94.